The molecular formula is C18H23FO2. The van der Waals surface area contributed by atoms with Crippen LogP contribution in [-0.2, 0) is 9.47 Å². The summed E-state index contributed by atoms with van der Waals surface area (Å²) in [5, 5.41) is 0. The number of rotatable bonds is 3. The maximum absolute atomic E-state index is 12.2. The highest BCUT2D eigenvalue weighted by Gasteiger charge is 2.22. The van der Waals surface area contributed by atoms with Crippen molar-refractivity contribution in [3.63, 3.8) is 0 Å². The van der Waals surface area contributed by atoms with E-state index in [4.69, 9.17) is 9.47 Å². The van der Waals surface area contributed by atoms with Gasteiger partial charge in [-0.2, -0.15) is 0 Å². The van der Waals surface area contributed by atoms with Crippen LogP contribution in [0.3, 0.4) is 0 Å². The van der Waals surface area contributed by atoms with Crippen molar-refractivity contribution in [1.82, 2.24) is 0 Å². The van der Waals surface area contributed by atoms with Crippen LogP contribution in [0.1, 0.15) is 55.4 Å². The topological polar surface area (TPSA) is 18.5 Å². The molecule has 3 heteroatoms. The first kappa shape index (κ1) is 14.7. The highest BCUT2D eigenvalue weighted by Crippen LogP contribution is 2.36. The molecule has 1 aromatic rings. The van der Waals surface area contributed by atoms with E-state index in [-0.39, 0.29) is 6.29 Å². The van der Waals surface area contributed by atoms with Gasteiger partial charge in [0, 0.05) is 5.56 Å². The Labute approximate surface area is 126 Å². The summed E-state index contributed by atoms with van der Waals surface area (Å²) in [7, 11) is 0. The van der Waals surface area contributed by atoms with E-state index in [2.05, 4.69) is 24.3 Å². The van der Waals surface area contributed by atoms with Crippen molar-refractivity contribution < 1.29 is 13.9 Å². The Balaban J connectivity index is 1.59. The van der Waals surface area contributed by atoms with Crippen molar-refractivity contribution in [3.05, 3.63) is 47.8 Å². The Hall–Kier alpha value is -1.19. The van der Waals surface area contributed by atoms with E-state index in [0.29, 0.717) is 18.2 Å². The molecule has 1 aliphatic heterocycles. The van der Waals surface area contributed by atoms with Gasteiger partial charge in [-0.1, -0.05) is 30.3 Å². The van der Waals surface area contributed by atoms with E-state index in [1.54, 1.807) is 6.08 Å². The molecule has 0 radical (unpaired) electrons. The molecule has 1 aliphatic carbocycles. The molecule has 0 unspecified atom stereocenters. The number of hydrogen-bond acceptors (Lipinski definition) is 2. The summed E-state index contributed by atoms with van der Waals surface area (Å²) in [6, 6.07) is 8.65. The van der Waals surface area contributed by atoms with Gasteiger partial charge in [-0.15, -0.1) is 0 Å². The lowest BCUT2D eigenvalue weighted by molar-refractivity contribution is -0.183. The lowest BCUT2D eigenvalue weighted by Gasteiger charge is -2.27. The number of halogens is 1. The Kier molecular flexibility index (Phi) is 5.04. The van der Waals surface area contributed by atoms with Crippen molar-refractivity contribution in [2.45, 2.75) is 44.3 Å². The summed E-state index contributed by atoms with van der Waals surface area (Å²) < 4.78 is 23.5. The minimum atomic E-state index is -0.196. The molecule has 0 atom stereocenters. The molecule has 1 aromatic carbocycles. The van der Waals surface area contributed by atoms with Crippen LogP contribution in [0.15, 0.2) is 36.7 Å². The third kappa shape index (κ3) is 3.72. The fourth-order valence-electron chi connectivity index (χ4n) is 3.35. The molecule has 114 valence electrons. The average Bonchev–Trinajstić information content (AvgIpc) is 2.57. The van der Waals surface area contributed by atoms with Crippen molar-refractivity contribution in [3.8, 4) is 0 Å². The number of ether oxygens (including phenoxy) is 2. The second kappa shape index (κ2) is 7.19. The van der Waals surface area contributed by atoms with Crippen LogP contribution in [0.5, 0.6) is 0 Å². The van der Waals surface area contributed by atoms with Crippen molar-refractivity contribution in [1.29, 1.82) is 0 Å². The maximum atomic E-state index is 12.2. The lowest BCUT2D eigenvalue weighted by Crippen LogP contribution is -2.17. The van der Waals surface area contributed by atoms with Crippen LogP contribution in [0, 0.1) is 5.92 Å². The summed E-state index contributed by atoms with van der Waals surface area (Å²) in [4.78, 5) is 0. The molecule has 0 bridgehead atoms. The van der Waals surface area contributed by atoms with Gasteiger partial charge in [0.25, 0.3) is 0 Å². The van der Waals surface area contributed by atoms with E-state index >= 15 is 0 Å². The lowest BCUT2D eigenvalue weighted by atomic mass is 9.78. The van der Waals surface area contributed by atoms with E-state index in [1.807, 2.05) is 0 Å². The van der Waals surface area contributed by atoms with E-state index < -0.39 is 0 Å². The Morgan fingerprint density at radius 2 is 1.52 bits per heavy atom. The minimum Gasteiger partial charge on any atom is -0.348 e. The van der Waals surface area contributed by atoms with Crippen LogP contribution in [0.4, 0.5) is 4.39 Å². The summed E-state index contributed by atoms with van der Waals surface area (Å²) in [6.45, 7) is 1.55. The zero-order valence-corrected chi connectivity index (χ0v) is 12.3. The monoisotopic (exact) mass is 290 g/mol. The fourth-order valence-corrected chi connectivity index (χ4v) is 3.35. The molecule has 1 saturated heterocycles. The number of benzene rings is 1. The van der Waals surface area contributed by atoms with Gasteiger partial charge in [-0.3, -0.25) is 0 Å². The SMILES string of the molecule is FC=C[C@H]1CC[C@H](c2ccc(C3OCCCO3)cc2)CC1. The zero-order valence-electron chi connectivity index (χ0n) is 12.3. The molecule has 1 heterocycles. The van der Waals surface area contributed by atoms with Gasteiger partial charge < -0.3 is 9.47 Å². The highest BCUT2D eigenvalue weighted by atomic mass is 19.1. The first-order valence-corrected chi connectivity index (χ1v) is 7.97. The van der Waals surface area contributed by atoms with Gasteiger partial charge in [0.2, 0.25) is 0 Å². The first-order valence-electron chi connectivity index (χ1n) is 7.97. The Morgan fingerprint density at radius 1 is 0.905 bits per heavy atom. The molecule has 2 fully saturated rings. The van der Waals surface area contributed by atoms with Crippen LogP contribution >= 0.6 is 0 Å². The molecule has 2 aliphatic rings. The van der Waals surface area contributed by atoms with Crippen molar-refractivity contribution in [2.75, 3.05) is 13.2 Å². The van der Waals surface area contributed by atoms with E-state index in [0.717, 1.165) is 50.9 Å². The summed E-state index contributed by atoms with van der Waals surface area (Å²) in [5.41, 5.74) is 2.49. The van der Waals surface area contributed by atoms with E-state index in [1.165, 1.54) is 5.56 Å². The molecular weight excluding hydrogens is 267 g/mol. The Morgan fingerprint density at radius 3 is 2.14 bits per heavy atom. The van der Waals surface area contributed by atoms with Crippen molar-refractivity contribution in [2.24, 2.45) is 5.92 Å². The molecule has 0 N–H and O–H groups in total. The normalized spacial score (nSPS) is 28.0. The number of allylic oxidation sites excluding steroid dienone is 1. The van der Waals surface area contributed by atoms with Crippen LogP contribution in [-0.4, -0.2) is 13.2 Å². The third-order valence-electron chi connectivity index (χ3n) is 4.62. The summed E-state index contributed by atoms with van der Waals surface area (Å²) >= 11 is 0. The summed E-state index contributed by atoms with van der Waals surface area (Å²) in [5.74, 6) is 1.03. The minimum absolute atomic E-state index is 0.196. The van der Waals surface area contributed by atoms with Gasteiger partial charge in [0.15, 0.2) is 6.29 Å². The molecule has 3 rings (SSSR count). The van der Waals surface area contributed by atoms with Gasteiger partial charge in [-0.05, 0) is 49.5 Å². The smallest absolute Gasteiger partial charge is 0.183 e. The largest absolute Gasteiger partial charge is 0.348 e. The molecule has 0 spiro atoms. The van der Waals surface area contributed by atoms with Crippen LogP contribution in [0.2, 0.25) is 0 Å². The third-order valence-corrected chi connectivity index (χ3v) is 4.62. The maximum Gasteiger partial charge on any atom is 0.183 e. The van der Waals surface area contributed by atoms with Gasteiger partial charge in [0.05, 0.1) is 19.5 Å². The second-order valence-corrected chi connectivity index (χ2v) is 6.02. The zero-order chi connectivity index (χ0) is 14.5. The Bertz CT molecular complexity index is 455. The first-order chi connectivity index (χ1) is 10.4. The number of hydrogen-bond donors (Lipinski definition) is 0. The predicted octanol–water partition coefficient (Wildman–Crippen LogP) is 4.88. The van der Waals surface area contributed by atoms with Gasteiger partial charge in [0.1, 0.15) is 0 Å². The average molecular weight is 290 g/mol. The predicted molar refractivity (Wildman–Crippen MR) is 80.7 cm³/mol. The molecule has 0 amide bonds. The van der Waals surface area contributed by atoms with Gasteiger partial charge >= 0.3 is 0 Å². The van der Waals surface area contributed by atoms with Crippen molar-refractivity contribution >= 4 is 0 Å². The van der Waals surface area contributed by atoms with Crippen LogP contribution < -0.4 is 0 Å². The molecule has 2 nitrogen and oxygen atoms in total. The van der Waals surface area contributed by atoms with E-state index in [9.17, 15) is 4.39 Å². The molecule has 1 saturated carbocycles. The van der Waals surface area contributed by atoms with Crippen LogP contribution in [0.25, 0.3) is 0 Å². The highest BCUT2D eigenvalue weighted by molar-refractivity contribution is 5.26. The standard InChI is InChI=1S/C18H23FO2/c19-11-10-14-2-4-15(5-3-14)16-6-8-17(9-7-16)18-20-12-1-13-21-18/h6-11,14-15,18H,1-5,12-13H2/t14-,15-. The molecule has 0 aromatic heterocycles. The summed E-state index contributed by atoms with van der Waals surface area (Å²) in [6.07, 6.45) is 7.64. The second-order valence-electron chi connectivity index (χ2n) is 6.02. The fraction of sp³-hybridized carbons (Fsp3) is 0.556. The van der Waals surface area contributed by atoms with Gasteiger partial charge in [-0.25, -0.2) is 4.39 Å². The quantitative estimate of drug-likeness (QED) is 0.790. The molecule has 21 heavy (non-hydrogen) atoms.